The molecule has 1 saturated carbocycles. The number of piperidine rings is 1. The van der Waals surface area contributed by atoms with Crippen molar-refractivity contribution in [3.05, 3.63) is 65.7 Å². The van der Waals surface area contributed by atoms with E-state index in [1.165, 1.54) is 5.56 Å². The number of methoxy groups -OCH3 is 1. The molecule has 1 N–H and O–H groups in total. The van der Waals surface area contributed by atoms with Crippen molar-refractivity contribution < 1.29 is 14.6 Å². The summed E-state index contributed by atoms with van der Waals surface area (Å²) in [5.41, 5.74) is 1.52. The Morgan fingerprint density at radius 2 is 1.86 bits per heavy atom. The van der Waals surface area contributed by atoms with Crippen molar-refractivity contribution in [1.29, 1.82) is 0 Å². The first-order valence-corrected chi connectivity index (χ1v) is 10.8. The summed E-state index contributed by atoms with van der Waals surface area (Å²) in [4.78, 5) is 15.4. The Morgan fingerprint density at radius 3 is 2.66 bits per heavy atom. The highest BCUT2D eigenvalue weighted by atomic mass is 16.5. The summed E-state index contributed by atoms with van der Waals surface area (Å²) in [6.45, 7) is 0.601. The van der Waals surface area contributed by atoms with Crippen LogP contribution < -0.4 is 4.74 Å². The van der Waals surface area contributed by atoms with E-state index >= 15 is 0 Å². The Balaban J connectivity index is 1.63. The molecule has 2 aliphatic rings. The topological polar surface area (TPSA) is 49.8 Å². The molecule has 3 atom stereocenters. The molecule has 1 heterocycles. The van der Waals surface area contributed by atoms with Gasteiger partial charge in [0.1, 0.15) is 5.75 Å². The van der Waals surface area contributed by atoms with Gasteiger partial charge in [0.2, 0.25) is 5.91 Å². The summed E-state index contributed by atoms with van der Waals surface area (Å²) in [7, 11) is 1.68. The van der Waals surface area contributed by atoms with E-state index in [4.69, 9.17) is 4.74 Å². The van der Waals surface area contributed by atoms with Crippen molar-refractivity contribution >= 4 is 5.91 Å². The number of carbonyl (C=O) groups is 1. The number of para-hydroxylation sites is 1. The van der Waals surface area contributed by atoms with Crippen LogP contribution in [0.3, 0.4) is 0 Å². The molecule has 1 aliphatic heterocycles. The van der Waals surface area contributed by atoms with Gasteiger partial charge in [-0.15, -0.1) is 0 Å². The zero-order valence-corrected chi connectivity index (χ0v) is 17.2. The molecule has 154 valence electrons. The van der Waals surface area contributed by atoms with Crippen LogP contribution in [-0.2, 0) is 11.2 Å². The van der Waals surface area contributed by atoms with Gasteiger partial charge >= 0.3 is 0 Å². The first-order chi connectivity index (χ1) is 14.1. The van der Waals surface area contributed by atoms with Crippen molar-refractivity contribution in [2.24, 2.45) is 5.92 Å². The van der Waals surface area contributed by atoms with Gasteiger partial charge in [0.25, 0.3) is 0 Å². The average molecular weight is 394 g/mol. The standard InChI is InChI=1S/C25H31NO3/c1-29-22-13-6-5-11-20(22)24-21-12-7-8-16-25(21,28)17-18-26(24)23(27)15-14-19-9-3-2-4-10-19/h2-6,9-11,13,21,24,28H,7-8,12,14-18H2,1H3. The lowest BCUT2D eigenvalue weighted by atomic mass is 9.66. The minimum absolute atomic E-state index is 0.0574. The fourth-order valence-corrected chi connectivity index (χ4v) is 5.30. The molecule has 0 bridgehead atoms. The summed E-state index contributed by atoms with van der Waals surface area (Å²) in [6.07, 6.45) is 5.83. The number of hydrogen-bond acceptors (Lipinski definition) is 3. The highest BCUT2D eigenvalue weighted by molar-refractivity contribution is 5.77. The predicted molar refractivity (Wildman–Crippen MR) is 114 cm³/mol. The predicted octanol–water partition coefficient (Wildman–Crippen LogP) is 4.52. The van der Waals surface area contributed by atoms with E-state index in [0.29, 0.717) is 19.4 Å². The minimum Gasteiger partial charge on any atom is -0.496 e. The van der Waals surface area contributed by atoms with Gasteiger partial charge in [-0.05, 0) is 37.3 Å². The SMILES string of the molecule is COc1ccccc1C1C2CCCCC2(O)CCN1C(=O)CCc1ccccc1. The van der Waals surface area contributed by atoms with E-state index < -0.39 is 5.60 Å². The largest absolute Gasteiger partial charge is 0.496 e. The number of benzene rings is 2. The third kappa shape index (κ3) is 4.04. The van der Waals surface area contributed by atoms with Crippen LogP contribution in [0.5, 0.6) is 5.75 Å². The van der Waals surface area contributed by atoms with E-state index in [2.05, 4.69) is 18.2 Å². The Morgan fingerprint density at radius 1 is 1.10 bits per heavy atom. The van der Waals surface area contributed by atoms with Crippen molar-refractivity contribution in [1.82, 2.24) is 4.90 Å². The van der Waals surface area contributed by atoms with E-state index in [1.807, 2.05) is 41.3 Å². The number of carbonyl (C=O) groups excluding carboxylic acids is 1. The lowest BCUT2D eigenvalue weighted by Gasteiger charge is -2.52. The maximum Gasteiger partial charge on any atom is 0.223 e. The number of likely N-dealkylation sites (tertiary alicyclic amines) is 1. The molecule has 2 aromatic carbocycles. The fraction of sp³-hybridized carbons (Fsp3) is 0.480. The number of amides is 1. The number of hydrogen-bond donors (Lipinski definition) is 1. The summed E-state index contributed by atoms with van der Waals surface area (Å²) in [5.74, 6) is 1.02. The van der Waals surface area contributed by atoms with Crippen LogP contribution in [-0.4, -0.2) is 35.2 Å². The Kier molecular flexibility index (Phi) is 5.91. The fourth-order valence-electron chi connectivity index (χ4n) is 5.30. The van der Waals surface area contributed by atoms with E-state index in [9.17, 15) is 9.90 Å². The van der Waals surface area contributed by atoms with Crippen LogP contribution in [0.1, 0.15) is 55.7 Å². The van der Waals surface area contributed by atoms with Crippen LogP contribution in [0.15, 0.2) is 54.6 Å². The van der Waals surface area contributed by atoms with Gasteiger partial charge in [-0.1, -0.05) is 61.4 Å². The summed E-state index contributed by atoms with van der Waals surface area (Å²) in [5, 5.41) is 11.4. The molecule has 4 heteroatoms. The molecule has 29 heavy (non-hydrogen) atoms. The summed E-state index contributed by atoms with van der Waals surface area (Å²) >= 11 is 0. The molecule has 4 rings (SSSR count). The molecule has 0 spiro atoms. The van der Waals surface area contributed by atoms with Crippen LogP contribution in [0, 0.1) is 5.92 Å². The smallest absolute Gasteiger partial charge is 0.223 e. The van der Waals surface area contributed by atoms with Gasteiger partial charge in [-0.25, -0.2) is 0 Å². The Hall–Kier alpha value is -2.33. The second kappa shape index (κ2) is 8.58. The van der Waals surface area contributed by atoms with Crippen LogP contribution in [0.4, 0.5) is 0 Å². The minimum atomic E-state index is -0.681. The van der Waals surface area contributed by atoms with E-state index in [-0.39, 0.29) is 17.9 Å². The second-order valence-corrected chi connectivity index (χ2v) is 8.47. The van der Waals surface area contributed by atoms with Crippen LogP contribution in [0.2, 0.25) is 0 Å². The van der Waals surface area contributed by atoms with Gasteiger partial charge < -0.3 is 14.7 Å². The van der Waals surface area contributed by atoms with E-state index in [0.717, 1.165) is 43.4 Å². The van der Waals surface area contributed by atoms with Gasteiger partial charge in [-0.3, -0.25) is 4.79 Å². The molecular weight excluding hydrogens is 362 g/mol. The molecule has 1 saturated heterocycles. The monoisotopic (exact) mass is 393 g/mol. The molecule has 0 aromatic heterocycles. The molecule has 0 radical (unpaired) electrons. The molecule has 1 amide bonds. The van der Waals surface area contributed by atoms with Gasteiger partial charge in [0.15, 0.2) is 0 Å². The molecular formula is C25H31NO3. The zero-order chi connectivity index (χ0) is 20.3. The number of ether oxygens (including phenoxy) is 1. The van der Waals surface area contributed by atoms with Crippen molar-refractivity contribution in [3.8, 4) is 5.75 Å². The summed E-state index contributed by atoms with van der Waals surface area (Å²) < 4.78 is 5.65. The maximum absolute atomic E-state index is 13.3. The third-order valence-electron chi connectivity index (χ3n) is 6.82. The maximum atomic E-state index is 13.3. The van der Waals surface area contributed by atoms with Crippen LogP contribution >= 0.6 is 0 Å². The second-order valence-electron chi connectivity index (χ2n) is 8.47. The number of aliphatic hydroxyl groups is 1. The van der Waals surface area contributed by atoms with Gasteiger partial charge in [-0.2, -0.15) is 0 Å². The van der Waals surface area contributed by atoms with Crippen molar-refractivity contribution in [2.75, 3.05) is 13.7 Å². The molecule has 1 aliphatic carbocycles. The number of aryl methyl sites for hydroxylation is 1. The normalized spacial score (nSPS) is 26.6. The quantitative estimate of drug-likeness (QED) is 0.812. The average Bonchev–Trinajstić information content (AvgIpc) is 2.77. The highest BCUT2D eigenvalue weighted by Crippen LogP contribution is 2.50. The highest BCUT2D eigenvalue weighted by Gasteiger charge is 2.50. The lowest BCUT2D eigenvalue weighted by Crippen LogP contribution is -2.56. The zero-order valence-electron chi connectivity index (χ0n) is 17.2. The van der Waals surface area contributed by atoms with Crippen LogP contribution in [0.25, 0.3) is 0 Å². The first kappa shape index (κ1) is 20.0. The van der Waals surface area contributed by atoms with E-state index in [1.54, 1.807) is 7.11 Å². The Labute approximate surface area is 173 Å². The van der Waals surface area contributed by atoms with Crippen molar-refractivity contribution in [2.45, 2.75) is 56.6 Å². The molecule has 2 fully saturated rings. The van der Waals surface area contributed by atoms with Gasteiger partial charge in [0.05, 0.1) is 18.8 Å². The first-order valence-electron chi connectivity index (χ1n) is 10.8. The number of fused-ring (bicyclic) bond motifs is 1. The lowest BCUT2D eigenvalue weighted by molar-refractivity contribution is -0.155. The Bertz CT molecular complexity index is 837. The number of rotatable bonds is 5. The van der Waals surface area contributed by atoms with Crippen molar-refractivity contribution in [3.63, 3.8) is 0 Å². The third-order valence-corrected chi connectivity index (χ3v) is 6.82. The molecule has 2 aromatic rings. The molecule has 4 nitrogen and oxygen atoms in total. The summed E-state index contributed by atoms with van der Waals surface area (Å²) in [6, 6.07) is 18.0. The number of nitrogens with zero attached hydrogens (tertiary/aromatic N) is 1. The van der Waals surface area contributed by atoms with Gasteiger partial charge in [0, 0.05) is 24.4 Å². The molecule has 3 unspecified atom stereocenters.